The van der Waals surface area contributed by atoms with E-state index in [2.05, 4.69) is 28.9 Å². The summed E-state index contributed by atoms with van der Waals surface area (Å²) in [5.41, 5.74) is 7.19. The predicted octanol–water partition coefficient (Wildman–Crippen LogP) is 4.30. The zero-order valence-corrected chi connectivity index (χ0v) is 24.4. The number of unbranched alkanes of at least 4 members (excludes halogenated alkanes) is 3. The van der Waals surface area contributed by atoms with Gasteiger partial charge in [0, 0.05) is 20.0 Å². The first kappa shape index (κ1) is 31.9. The normalized spacial score (nSPS) is 16.8. The molecule has 1 fully saturated rings. The summed E-state index contributed by atoms with van der Waals surface area (Å²) in [6.07, 6.45) is 12.6. The largest absolute Gasteiger partial charge is 0.479 e. The molecule has 1 saturated heterocycles. The standard InChI is InChI=1S/C31H48N4O4/c1-6-27(34-28(31(2,3)4)30(38)35-21-14-18-25(35)29(37)33-5)39-22-13-9-7-8-10-15-23-16-11-12-17-24(23)19-20-26(32)36/h6,10-12,15-17,25,28,34H,7-9,13-14,18-22H2,1-5H3,(H2,32,36)(H,33,37)/b15-10+,27-6-/t25?,28-/m1/s1. The fourth-order valence-electron chi connectivity index (χ4n) is 4.75. The highest BCUT2D eigenvalue weighted by Crippen LogP contribution is 2.26. The number of nitrogens with one attached hydrogen (secondary N) is 2. The number of likely N-dealkylation sites (tertiary alicyclic amines) is 1. The molecule has 0 aliphatic carbocycles. The van der Waals surface area contributed by atoms with Crippen molar-refractivity contribution in [3.05, 3.63) is 53.4 Å². The third-order valence-electron chi connectivity index (χ3n) is 7.01. The van der Waals surface area contributed by atoms with Gasteiger partial charge in [-0.15, -0.1) is 0 Å². The van der Waals surface area contributed by atoms with Gasteiger partial charge in [0.25, 0.3) is 0 Å². The molecule has 39 heavy (non-hydrogen) atoms. The molecule has 0 radical (unpaired) electrons. The third kappa shape index (κ3) is 10.4. The number of primary amides is 1. The summed E-state index contributed by atoms with van der Waals surface area (Å²) in [5.74, 6) is 0.123. The summed E-state index contributed by atoms with van der Waals surface area (Å²) < 4.78 is 6.01. The minimum Gasteiger partial charge on any atom is -0.479 e. The zero-order chi connectivity index (χ0) is 28.8. The molecule has 0 spiro atoms. The number of carbonyl (C=O) groups is 3. The van der Waals surface area contributed by atoms with Crippen LogP contribution in [0, 0.1) is 5.41 Å². The van der Waals surface area contributed by atoms with Crippen LogP contribution in [0.1, 0.15) is 83.8 Å². The molecule has 1 aromatic rings. The van der Waals surface area contributed by atoms with E-state index in [1.54, 1.807) is 11.9 Å². The van der Waals surface area contributed by atoms with E-state index in [-0.39, 0.29) is 23.1 Å². The lowest BCUT2D eigenvalue weighted by atomic mass is 9.85. The second kappa shape index (κ2) is 16.0. The molecule has 1 unspecified atom stereocenters. The number of amides is 3. The summed E-state index contributed by atoms with van der Waals surface area (Å²) >= 11 is 0. The summed E-state index contributed by atoms with van der Waals surface area (Å²) in [7, 11) is 1.61. The molecular formula is C31H48N4O4. The van der Waals surface area contributed by atoms with Gasteiger partial charge in [-0.25, -0.2) is 0 Å². The maximum Gasteiger partial charge on any atom is 0.246 e. The van der Waals surface area contributed by atoms with Crippen LogP contribution < -0.4 is 16.4 Å². The van der Waals surface area contributed by atoms with Gasteiger partial charge in [0.05, 0.1) is 6.61 Å². The Hall–Kier alpha value is -3.29. The molecule has 1 heterocycles. The number of hydrogen-bond acceptors (Lipinski definition) is 5. The molecule has 0 bridgehead atoms. The number of rotatable bonds is 15. The molecule has 1 aliphatic heterocycles. The van der Waals surface area contributed by atoms with E-state index in [1.807, 2.05) is 52.0 Å². The highest BCUT2D eigenvalue weighted by atomic mass is 16.5. The van der Waals surface area contributed by atoms with Crippen LogP contribution in [0.2, 0.25) is 0 Å². The number of likely N-dealkylation sites (N-methyl/N-ethyl adjacent to an activating group) is 1. The van der Waals surface area contributed by atoms with Crippen molar-refractivity contribution in [1.29, 1.82) is 0 Å². The van der Waals surface area contributed by atoms with Crippen LogP contribution >= 0.6 is 0 Å². The lowest BCUT2D eigenvalue weighted by molar-refractivity contribution is -0.142. The van der Waals surface area contributed by atoms with Gasteiger partial charge < -0.3 is 26.0 Å². The van der Waals surface area contributed by atoms with Gasteiger partial charge in [0.2, 0.25) is 17.7 Å². The predicted molar refractivity (Wildman–Crippen MR) is 156 cm³/mol. The lowest BCUT2D eigenvalue weighted by Gasteiger charge is -2.36. The van der Waals surface area contributed by atoms with E-state index in [0.29, 0.717) is 38.3 Å². The third-order valence-corrected chi connectivity index (χ3v) is 7.01. The Balaban J connectivity index is 1.80. The molecule has 216 valence electrons. The number of carbonyl (C=O) groups excluding carboxylic acids is 3. The Bertz CT molecular complexity index is 1010. The topological polar surface area (TPSA) is 114 Å². The summed E-state index contributed by atoms with van der Waals surface area (Å²) in [4.78, 5) is 38.6. The van der Waals surface area contributed by atoms with Gasteiger partial charge >= 0.3 is 0 Å². The Morgan fingerprint density at radius 1 is 1.18 bits per heavy atom. The molecule has 0 saturated carbocycles. The molecule has 2 atom stereocenters. The van der Waals surface area contributed by atoms with Gasteiger partial charge in [-0.1, -0.05) is 57.2 Å². The molecule has 0 aromatic heterocycles. The average molecular weight is 541 g/mol. The van der Waals surface area contributed by atoms with Crippen molar-refractivity contribution in [2.24, 2.45) is 11.1 Å². The Morgan fingerprint density at radius 3 is 2.59 bits per heavy atom. The van der Waals surface area contributed by atoms with E-state index in [0.717, 1.165) is 43.2 Å². The number of allylic oxidation sites excluding steroid dienone is 2. The van der Waals surface area contributed by atoms with Gasteiger partial charge in [0.15, 0.2) is 5.88 Å². The maximum atomic E-state index is 13.5. The van der Waals surface area contributed by atoms with Crippen LogP contribution in [-0.4, -0.2) is 54.9 Å². The number of hydrogen-bond donors (Lipinski definition) is 3. The second-order valence-corrected chi connectivity index (χ2v) is 11.2. The zero-order valence-electron chi connectivity index (χ0n) is 24.4. The molecule has 4 N–H and O–H groups in total. The van der Waals surface area contributed by atoms with Crippen molar-refractivity contribution < 1.29 is 19.1 Å². The second-order valence-electron chi connectivity index (χ2n) is 11.2. The fourth-order valence-corrected chi connectivity index (χ4v) is 4.75. The molecule has 8 heteroatoms. The minimum absolute atomic E-state index is 0.0699. The first-order chi connectivity index (χ1) is 18.6. The first-order valence-corrected chi connectivity index (χ1v) is 14.2. The summed E-state index contributed by atoms with van der Waals surface area (Å²) in [6.45, 7) is 9.09. The van der Waals surface area contributed by atoms with Gasteiger partial charge in [-0.05, 0) is 74.5 Å². The summed E-state index contributed by atoms with van der Waals surface area (Å²) in [5, 5.41) is 6.01. The van der Waals surface area contributed by atoms with Crippen molar-refractivity contribution in [3.8, 4) is 0 Å². The van der Waals surface area contributed by atoms with Crippen LogP contribution in [0.25, 0.3) is 6.08 Å². The number of nitrogens with two attached hydrogens (primary N) is 1. The Morgan fingerprint density at radius 2 is 1.92 bits per heavy atom. The highest BCUT2D eigenvalue weighted by Gasteiger charge is 2.41. The van der Waals surface area contributed by atoms with Crippen molar-refractivity contribution in [2.75, 3.05) is 20.2 Å². The van der Waals surface area contributed by atoms with Gasteiger partial charge in [-0.3, -0.25) is 14.4 Å². The molecule has 2 rings (SSSR count). The first-order valence-electron chi connectivity index (χ1n) is 14.2. The fraction of sp³-hybridized carbons (Fsp3) is 0.581. The molecule has 1 aromatic carbocycles. The van der Waals surface area contributed by atoms with Gasteiger partial charge in [-0.2, -0.15) is 0 Å². The van der Waals surface area contributed by atoms with Crippen LogP contribution in [-0.2, 0) is 25.5 Å². The van der Waals surface area contributed by atoms with E-state index in [4.69, 9.17) is 10.5 Å². The SMILES string of the molecule is C/C=C(/N[C@H](C(=O)N1CCCC1C(=O)NC)C(C)(C)C)OCCCCC/C=C/c1ccccc1CCC(N)=O. The van der Waals surface area contributed by atoms with Crippen molar-refractivity contribution >= 4 is 23.8 Å². The van der Waals surface area contributed by atoms with E-state index in [1.165, 1.54) is 0 Å². The van der Waals surface area contributed by atoms with Crippen LogP contribution in [0.4, 0.5) is 0 Å². The smallest absolute Gasteiger partial charge is 0.246 e. The Kier molecular flexibility index (Phi) is 13.1. The Labute approximate surface area is 234 Å². The molecule has 1 aliphatic rings. The number of benzene rings is 1. The van der Waals surface area contributed by atoms with Crippen LogP contribution in [0.15, 0.2) is 42.3 Å². The molecule has 3 amide bonds. The quantitative estimate of drug-likeness (QED) is 0.227. The van der Waals surface area contributed by atoms with Crippen LogP contribution in [0.5, 0.6) is 0 Å². The molecular weight excluding hydrogens is 492 g/mol. The number of nitrogens with zero attached hydrogens (tertiary/aromatic N) is 1. The van der Waals surface area contributed by atoms with Gasteiger partial charge in [0.1, 0.15) is 12.1 Å². The monoisotopic (exact) mass is 540 g/mol. The van der Waals surface area contributed by atoms with Crippen molar-refractivity contribution in [3.63, 3.8) is 0 Å². The molecule has 8 nitrogen and oxygen atoms in total. The van der Waals surface area contributed by atoms with Crippen molar-refractivity contribution in [2.45, 2.75) is 91.1 Å². The minimum atomic E-state index is -0.509. The van der Waals surface area contributed by atoms with E-state index in [9.17, 15) is 14.4 Å². The van der Waals surface area contributed by atoms with E-state index < -0.39 is 12.1 Å². The van der Waals surface area contributed by atoms with E-state index >= 15 is 0 Å². The summed E-state index contributed by atoms with van der Waals surface area (Å²) in [6, 6.07) is 7.16. The van der Waals surface area contributed by atoms with Crippen molar-refractivity contribution in [1.82, 2.24) is 15.5 Å². The van der Waals surface area contributed by atoms with Crippen LogP contribution in [0.3, 0.4) is 0 Å². The highest BCUT2D eigenvalue weighted by molar-refractivity contribution is 5.90. The lowest BCUT2D eigenvalue weighted by Crippen LogP contribution is -2.56. The maximum absolute atomic E-state index is 13.5. The number of ether oxygens (including phenoxy) is 1. The number of aryl methyl sites for hydroxylation is 1. The average Bonchev–Trinajstić information content (AvgIpc) is 3.39.